The minimum atomic E-state index is -0.352. The van der Waals surface area contributed by atoms with Gasteiger partial charge in [-0.05, 0) is 20.8 Å². The van der Waals surface area contributed by atoms with E-state index in [0.717, 1.165) is 0 Å². The van der Waals surface area contributed by atoms with Gasteiger partial charge in [-0.25, -0.2) is 10.3 Å². The fraction of sp³-hybridized carbons (Fsp3) is 1.00. The summed E-state index contributed by atoms with van der Waals surface area (Å²) < 4.78 is 5.31. The summed E-state index contributed by atoms with van der Waals surface area (Å²) in [6.45, 7) is 6.03. The maximum absolute atomic E-state index is 5.31. The molecule has 3 atom stereocenters. The van der Waals surface area contributed by atoms with Crippen LogP contribution in [-0.4, -0.2) is 36.3 Å². The van der Waals surface area contributed by atoms with E-state index in [0.29, 0.717) is 6.04 Å². The number of hydrogen-bond acceptors (Lipinski definition) is 6. The Morgan fingerprint density at radius 1 is 1.43 bits per heavy atom. The van der Waals surface area contributed by atoms with Crippen molar-refractivity contribution in [2.24, 2.45) is 10.3 Å². The van der Waals surface area contributed by atoms with Crippen molar-refractivity contribution in [2.45, 2.75) is 45.0 Å². The number of nitrogens with zero attached hydrogens (tertiary/aromatic N) is 3. The molecule has 3 unspecified atom stereocenters. The molecule has 1 fully saturated rings. The van der Waals surface area contributed by atoms with Gasteiger partial charge in [0, 0.05) is 13.2 Å². The van der Waals surface area contributed by atoms with Gasteiger partial charge in [0.05, 0.1) is 0 Å². The second-order valence-corrected chi connectivity index (χ2v) is 4.26. The van der Waals surface area contributed by atoms with Crippen molar-refractivity contribution in [1.29, 1.82) is 0 Å². The van der Waals surface area contributed by atoms with E-state index in [9.17, 15) is 0 Å². The summed E-state index contributed by atoms with van der Waals surface area (Å²) in [7, 11) is 1.66. The number of ether oxygens (including phenoxy) is 1. The highest BCUT2D eigenvalue weighted by atomic mass is 16.5. The van der Waals surface area contributed by atoms with Gasteiger partial charge in [0.25, 0.3) is 0 Å². The first-order chi connectivity index (χ1) is 6.53. The zero-order valence-electron chi connectivity index (χ0n) is 8.98. The SMILES string of the molecule is COC1NC(C)(C)N=NN1C1NC1C. The molecule has 6 heteroatoms. The summed E-state index contributed by atoms with van der Waals surface area (Å²) in [6, 6.07) is 0.453. The van der Waals surface area contributed by atoms with Crippen LogP contribution < -0.4 is 10.6 Å². The maximum Gasteiger partial charge on any atom is 0.206 e. The van der Waals surface area contributed by atoms with Crippen molar-refractivity contribution in [3.05, 3.63) is 0 Å². The molecule has 0 bridgehead atoms. The highest BCUT2D eigenvalue weighted by Gasteiger charge is 2.44. The summed E-state index contributed by atoms with van der Waals surface area (Å²) in [5.41, 5.74) is -0.352. The van der Waals surface area contributed by atoms with Gasteiger partial charge in [0.2, 0.25) is 6.35 Å². The minimum absolute atomic E-state index is 0.204. The molecule has 2 aliphatic heterocycles. The van der Waals surface area contributed by atoms with Crippen molar-refractivity contribution >= 4 is 0 Å². The highest BCUT2D eigenvalue weighted by Crippen LogP contribution is 2.24. The first-order valence-electron chi connectivity index (χ1n) is 4.81. The Balaban J connectivity index is 2.09. The normalized spacial score (nSPS) is 40.0. The molecule has 0 aromatic heterocycles. The lowest BCUT2D eigenvalue weighted by molar-refractivity contribution is -0.100. The van der Waals surface area contributed by atoms with Gasteiger partial charge in [-0.3, -0.25) is 5.32 Å². The third-order valence-electron chi connectivity index (χ3n) is 2.42. The Labute approximate surface area is 83.7 Å². The summed E-state index contributed by atoms with van der Waals surface area (Å²) in [6.07, 6.45) is 0.0391. The second-order valence-electron chi connectivity index (χ2n) is 4.26. The summed E-state index contributed by atoms with van der Waals surface area (Å²) in [5, 5.41) is 16.6. The Morgan fingerprint density at radius 2 is 2.07 bits per heavy atom. The molecular formula is C8H17N5O. The average molecular weight is 199 g/mol. The van der Waals surface area contributed by atoms with Crippen LogP contribution in [0.3, 0.4) is 0 Å². The first-order valence-corrected chi connectivity index (χ1v) is 4.81. The third-order valence-corrected chi connectivity index (χ3v) is 2.42. The van der Waals surface area contributed by atoms with Crippen molar-refractivity contribution in [3.63, 3.8) is 0 Å². The molecule has 0 aromatic carbocycles. The van der Waals surface area contributed by atoms with Crippen LogP contribution in [0.15, 0.2) is 10.3 Å². The van der Waals surface area contributed by atoms with Gasteiger partial charge >= 0.3 is 0 Å². The van der Waals surface area contributed by atoms with Gasteiger partial charge in [-0.1, -0.05) is 5.22 Å². The van der Waals surface area contributed by atoms with Gasteiger partial charge < -0.3 is 4.74 Å². The molecule has 0 radical (unpaired) electrons. The fourth-order valence-corrected chi connectivity index (χ4v) is 1.50. The zero-order chi connectivity index (χ0) is 10.3. The molecule has 2 heterocycles. The van der Waals surface area contributed by atoms with Crippen molar-refractivity contribution in [2.75, 3.05) is 7.11 Å². The standard InChI is InChI=1S/C8H17N5O/c1-5-6(9-5)13-7(14-4)10-8(2,3)11-12-13/h5-7,9-10H,1-4H3. The molecule has 2 rings (SSSR count). The molecule has 14 heavy (non-hydrogen) atoms. The highest BCUT2D eigenvalue weighted by molar-refractivity contribution is 4.95. The monoisotopic (exact) mass is 199 g/mol. The van der Waals surface area contributed by atoms with Gasteiger partial charge in [0.15, 0.2) is 0 Å². The van der Waals surface area contributed by atoms with Crippen molar-refractivity contribution < 1.29 is 4.74 Å². The van der Waals surface area contributed by atoms with Crippen LogP contribution in [0.5, 0.6) is 0 Å². The van der Waals surface area contributed by atoms with Crippen LogP contribution in [-0.2, 0) is 4.74 Å². The topological polar surface area (TPSA) is 71.2 Å². The number of methoxy groups -OCH3 is 1. The van der Waals surface area contributed by atoms with E-state index in [2.05, 4.69) is 27.9 Å². The molecule has 0 saturated carbocycles. The second kappa shape index (κ2) is 3.15. The van der Waals surface area contributed by atoms with Crippen molar-refractivity contribution in [1.82, 2.24) is 15.6 Å². The van der Waals surface area contributed by atoms with Crippen LogP contribution in [0.4, 0.5) is 0 Å². The number of rotatable bonds is 2. The Morgan fingerprint density at radius 3 is 2.57 bits per heavy atom. The van der Waals surface area contributed by atoms with Crippen LogP contribution in [0.25, 0.3) is 0 Å². The third kappa shape index (κ3) is 1.73. The Bertz CT molecular complexity index is 254. The van der Waals surface area contributed by atoms with Crippen LogP contribution in [0.1, 0.15) is 20.8 Å². The minimum Gasteiger partial charge on any atom is -0.347 e. The summed E-state index contributed by atoms with van der Waals surface area (Å²) in [4.78, 5) is 0. The lowest BCUT2D eigenvalue weighted by Gasteiger charge is -2.36. The number of hydrogen-bond donors (Lipinski definition) is 2. The zero-order valence-corrected chi connectivity index (χ0v) is 8.98. The molecule has 2 N–H and O–H groups in total. The smallest absolute Gasteiger partial charge is 0.206 e. The van der Waals surface area contributed by atoms with E-state index in [1.54, 1.807) is 7.11 Å². The predicted octanol–water partition coefficient (Wildman–Crippen LogP) is 0.243. The Hall–Kier alpha value is -0.720. The molecule has 0 spiro atoms. The van der Waals surface area contributed by atoms with E-state index in [1.165, 1.54) is 0 Å². The van der Waals surface area contributed by atoms with E-state index >= 15 is 0 Å². The van der Waals surface area contributed by atoms with Crippen LogP contribution in [0.2, 0.25) is 0 Å². The first kappa shape index (κ1) is 9.82. The van der Waals surface area contributed by atoms with Crippen LogP contribution in [0, 0.1) is 0 Å². The number of nitrogens with one attached hydrogen (secondary N) is 2. The predicted molar refractivity (Wildman–Crippen MR) is 51.1 cm³/mol. The lowest BCUT2D eigenvalue weighted by Crippen LogP contribution is -2.57. The molecule has 6 nitrogen and oxygen atoms in total. The molecular weight excluding hydrogens is 182 g/mol. The molecule has 2 aliphatic rings. The summed E-state index contributed by atoms with van der Waals surface area (Å²) in [5.74, 6) is 0. The van der Waals surface area contributed by atoms with Crippen LogP contribution >= 0.6 is 0 Å². The van der Waals surface area contributed by atoms with Gasteiger partial charge in [0.1, 0.15) is 11.8 Å². The van der Waals surface area contributed by atoms with E-state index < -0.39 is 0 Å². The summed E-state index contributed by atoms with van der Waals surface area (Å²) >= 11 is 0. The fourth-order valence-electron chi connectivity index (χ4n) is 1.50. The molecule has 0 aliphatic carbocycles. The quantitative estimate of drug-likeness (QED) is 0.625. The van der Waals surface area contributed by atoms with Gasteiger partial charge in [-0.15, -0.1) is 5.11 Å². The Kier molecular flexibility index (Phi) is 2.21. The lowest BCUT2D eigenvalue weighted by atomic mass is 10.2. The maximum atomic E-state index is 5.31. The molecule has 80 valence electrons. The largest absolute Gasteiger partial charge is 0.347 e. The van der Waals surface area contributed by atoms with E-state index in [4.69, 9.17) is 4.74 Å². The molecule has 1 saturated heterocycles. The molecule has 0 amide bonds. The molecule has 0 aromatic rings. The van der Waals surface area contributed by atoms with E-state index in [-0.39, 0.29) is 18.2 Å². The van der Waals surface area contributed by atoms with E-state index in [1.807, 2.05) is 18.9 Å². The van der Waals surface area contributed by atoms with Gasteiger partial charge in [-0.2, -0.15) is 0 Å². The van der Waals surface area contributed by atoms with Crippen molar-refractivity contribution in [3.8, 4) is 0 Å². The average Bonchev–Trinajstić information content (AvgIpc) is 2.81.